The summed E-state index contributed by atoms with van der Waals surface area (Å²) in [5.74, 6) is 1.46. The van der Waals surface area contributed by atoms with Crippen LogP contribution in [0.2, 0.25) is 0 Å². The minimum atomic E-state index is -3.09. The number of methoxy groups -OCH3 is 2. The van der Waals surface area contributed by atoms with Gasteiger partial charge in [-0.25, -0.2) is 0 Å². The smallest absolute Gasteiger partial charge is 0.476 e. The maximum atomic E-state index is 5.45. The predicted molar refractivity (Wildman–Crippen MR) is 107 cm³/mol. The van der Waals surface area contributed by atoms with Gasteiger partial charge < -0.3 is 18.7 Å². The molecule has 1 heterocycles. The van der Waals surface area contributed by atoms with E-state index < -0.39 is 6.72 Å². The standard InChI is InChI=1S/C18H19N2O5PS/c1-4-23-26(27)24-19-17(13-5-9-15(21-2)10-6-13)18(20-25-26)14-7-11-16(22-3)12-8-14/h5-12H,4H2,1-3H3. The zero-order valence-corrected chi connectivity index (χ0v) is 16.8. The van der Waals surface area contributed by atoms with Crippen molar-refractivity contribution in [2.45, 2.75) is 6.92 Å². The van der Waals surface area contributed by atoms with Crippen molar-refractivity contribution in [1.29, 1.82) is 0 Å². The molecule has 0 fully saturated rings. The van der Waals surface area contributed by atoms with E-state index in [0.717, 1.165) is 22.6 Å². The zero-order chi connectivity index (χ0) is 19.3. The number of nitrogens with zero attached hydrogens (tertiary/aromatic N) is 2. The Bertz CT molecular complexity index is 827. The van der Waals surface area contributed by atoms with Crippen molar-refractivity contribution in [2.75, 3.05) is 20.8 Å². The third-order valence-corrected chi connectivity index (χ3v) is 5.56. The Hall–Kier alpha value is -2.41. The lowest BCUT2D eigenvalue weighted by molar-refractivity contribution is 0.174. The summed E-state index contributed by atoms with van der Waals surface area (Å²) in [7, 11) is 3.22. The average Bonchev–Trinajstić information content (AvgIpc) is 2.88. The van der Waals surface area contributed by atoms with Gasteiger partial charge in [0, 0.05) is 22.9 Å². The lowest BCUT2D eigenvalue weighted by Gasteiger charge is -2.12. The first-order valence-electron chi connectivity index (χ1n) is 8.16. The van der Waals surface area contributed by atoms with E-state index in [-0.39, 0.29) is 0 Å². The summed E-state index contributed by atoms with van der Waals surface area (Å²) in [5, 5.41) is 8.46. The summed E-state index contributed by atoms with van der Waals surface area (Å²) < 4.78 is 26.7. The molecule has 0 spiro atoms. The first kappa shape index (κ1) is 19.4. The number of rotatable bonds is 6. The largest absolute Gasteiger partial charge is 0.497 e. The first-order chi connectivity index (χ1) is 13.1. The van der Waals surface area contributed by atoms with Gasteiger partial charge in [-0.15, -0.1) is 0 Å². The Balaban J connectivity index is 2.05. The molecule has 0 amide bonds. The molecule has 0 unspecified atom stereocenters. The summed E-state index contributed by atoms with van der Waals surface area (Å²) in [6.07, 6.45) is 0. The van der Waals surface area contributed by atoms with Crippen LogP contribution in [-0.2, 0) is 25.6 Å². The van der Waals surface area contributed by atoms with Crippen LogP contribution in [0.4, 0.5) is 0 Å². The molecule has 1 aliphatic rings. The first-order valence-corrected chi connectivity index (χ1v) is 10.7. The lowest BCUT2D eigenvalue weighted by Crippen LogP contribution is -2.17. The van der Waals surface area contributed by atoms with E-state index in [0.29, 0.717) is 18.0 Å². The fourth-order valence-electron chi connectivity index (χ4n) is 2.36. The second-order valence-corrected chi connectivity index (χ2v) is 8.19. The number of hydrogen-bond donors (Lipinski definition) is 0. The lowest BCUT2D eigenvalue weighted by atomic mass is 10.00. The van der Waals surface area contributed by atoms with Crippen LogP contribution in [0.3, 0.4) is 0 Å². The zero-order valence-electron chi connectivity index (χ0n) is 15.1. The van der Waals surface area contributed by atoms with Crippen LogP contribution < -0.4 is 9.47 Å². The van der Waals surface area contributed by atoms with Crippen molar-refractivity contribution in [3.63, 3.8) is 0 Å². The van der Waals surface area contributed by atoms with E-state index in [1.165, 1.54) is 0 Å². The summed E-state index contributed by atoms with van der Waals surface area (Å²) in [6.45, 7) is -0.963. The summed E-state index contributed by atoms with van der Waals surface area (Å²) in [4.78, 5) is 0. The molecule has 0 saturated heterocycles. The monoisotopic (exact) mass is 406 g/mol. The molecule has 7 nitrogen and oxygen atoms in total. The highest BCUT2D eigenvalue weighted by Gasteiger charge is 2.29. The van der Waals surface area contributed by atoms with Crippen molar-refractivity contribution in [3.05, 3.63) is 59.7 Å². The van der Waals surface area contributed by atoms with Crippen molar-refractivity contribution >= 4 is 29.9 Å². The second-order valence-electron chi connectivity index (χ2n) is 5.37. The van der Waals surface area contributed by atoms with Crippen LogP contribution in [0, 0.1) is 0 Å². The van der Waals surface area contributed by atoms with Crippen LogP contribution in [0.1, 0.15) is 18.1 Å². The number of oxime groups is 2. The maximum Gasteiger partial charge on any atom is 0.476 e. The minimum Gasteiger partial charge on any atom is -0.497 e. The summed E-state index contributed by atoms with van der Waals surface area (Å²) in [6, 6.07) is 14.7. The molecule has 0 atom stereocenters. The molecule has 0 bridgehead atoms. The van der Waals surface area contributed by atoms with Gasteiger partial charge in [0.2, 0.25) is 0 Å². The van der Waals surface area contributed by atoms with Crippen LogP contribution in [-0.4, -0.2) is 32.2 Å². The molecule has 0 aromatic heterocycles. The van der Waals surface area contributed by atoms with Crippen LogP contribution >= 0.6 is 6.72 Å². The Morgan fingerprint density at radius 2 is 1.22 bits per heavy atom. The third kappa shape index (κ3) is 4.47. The molecule has 0 radical (unpaired) electrons. The summed E-state index contributed by atoms with van der Waals surface area (Å²) in [5.41, 5.74) is 2.51. The molecule has 0 aliphatic carbocycles. The fourth-order valence-corrected chi connectivity index (χ4v) is 3.68. The van der Waals surface area contributed by atoms with Gasteiger partial charge >= 0.3 is 6.72 Å². The van der Waals surface area contributed by atoms with E-state index in [2.05, 4.69) is 10.3 Å². The van der Waals surface area contributed by atoms with Gasteiger partial charge in [-0.05, 0) is 55.5 Å². The van der Waals surface area contributed by atoms with Gasteiger partial charge in [0.1, 0.15) is 22.9 Å². The van der Waals surface area contributed by atoms with Crippen molar-refractivity contribution in [3.8, 4) is 11.5 Å². The van der Waals surface area contributed by atoms with Gasteiger partial charge in [0.15, 0.2) is 0 Å². The fraction of sp³-hybridized carbons (Fsp3) is 0.222. The van der Waals surface area contributed by atoms with Crippen LogP contribution in [0.5, 0.6) is 11.5 Å². The molecule has 0 saturated carbocycles. The summed E-state index contributed by atoms with van der Waals surface area (Å²) >= 11 is 5.31. The molecule has 9 heteroatoms. The molecule has 2 aromatic carbocycles. The highest BCUT2D eigenvalue weighted by atomic mass is 32.5. The Morgan fingerprint density at radius 3 is 1.56 bits per heavy atom. The molecule has 3 rings (SSSR count). The Labute approximate surface area is 162 Å². The average molecular weight is 406 g/mol. The molecule has 142 valence electrons. The van der Waals surface area contributed by atoms with Crippen LogP contribution in [0.25, 0.3) is 0 Å². The van der Waals surface area contributed by atoms with E-state index in [1.807, 2.05) is 48.5 Å². The van der Waals surface area contributed by atoms with Crippen molar-refractivity contribution < 1.29 is 23.2 Å². The quantitative estimate of drug-likeness (QED) is 0.672. The normalized spacial score (nSPS) is 15.5. The van der Waals surface area contributed by atoms with Crippen molar-refractivity contribution in [2.24, 2.45) is 10.3 Å². The van der Waals surface area contributed by atoms with Gasteiger partial charge in [0.05, 0.1) is 20.8 Å². The predicted octanol–water partition coefficient (Wildman–Crippen LogP) is 4.12. The van der Waals surface area contributed by atoms with E-state index in [4.69, 9.17) is 35.1 Å². The van der Waals surface area contributed by atoms with Gasteiger partial charge in [-0.2, -0.15) is 0 Å². The molecule has 2 aromatic rings. The molecule has 1 aliphatic heterocycles. The van der Waals surface area contributed by atoms with E-state index >= 15 is 0 Å². The number of hydrogen-bond acceptors (Lipinski definition) is 8. The molecule has 27 heavy (non-hydrogen) atoms. The Kier molecular flexibility index (Phi) is 6.11. The minimum absolute atomic E-state index is 0.331. The van der Waals surface area contributed by atoms with Crippen LogP contribution in [0.15, 0.2) is 58.8 Å². The van der Waals surface area contributed by atoms with Gasteiger partial charge in [0.25, 0.3) is 0 Å². The van der Waals surface area contributed by atoms with Gasteiger partial charge in [-0.3, -0.25) is 4.52 Å². The topological polar surface area (TPSA) is 70.9 Å². The number of benzene rings is 2. The third-order valence-electron chi connectivity index (χ3n) is 3.70. The van der Waals surface area contributed by atoms with Gasteiger partial charge in [-0.1, -0.05) is 10.3 Å². The Morgan fingerprint density at radius 1 is 0.815 bits per heavy atom. The highest BCUT2D eigenvalue weighted by molar-refractivity contribution is 8.07. The van der Waals surface area contributed by atoms with E-state index in [1.54, 1.807) is 21.1 Å². The highest BCUT2D eigenvalue weighted by Crippen LogP contribution is 2.51. The molecule has 0 N–H and O–H groups in total. The second kappa shape index (κ2) is 8.52. The molecular formula is C18H19N2O5PS. The van der Waals surface area contributed by atoms with E-state index in [9.17, 15) is 0 Å². The maximum absolute atomic E-state index is 5.45. The SMILES string of the molecule is CCOP1(=S)ON=C(c2ccc(OC)cc2)C(c2ccc(OC)cc2)=NO1. The van der Waals surface area contributed by atoms with Crippen molar-refractivity contribution in [1.82, 2.24) is 0 Å². The molecular weight excluding hydrogens is 387 g/mol. The number of ether oxygens (including phenoxy) is 2.